The molecule has 0 aliphatic heterocycles. The quantitative estimate of drug-likeness (QED) is 0.263. The molecule has 214 valence electrons. The number of rotatable bonds is 11. The Kier molecular flexibility index (Phi) is 10.5. The maximum atomic E-state index is 12.2. The second-order valence-corrected chi connectivity index (χ2v) is 10.0. The minimum absolute atomic E-state index is 0.103. The molecule has 2 aromatic rings. The van der Waals surface area contributed by atoms with Gasteiger partial charge in [-0.05, 0) is 43.0 Å². The van der Waals surface area contributed by atoms with Gasteiger partial charge in [-0.15, -0.1) is 0 Å². The molecule has 0 heterocycles. The van der Waals surface area contributed by atoms with E-state index in [0.29, 0.717) is 0 Å². The fourth-order valence-electron chi connectivity index (χ4n) is 4.03. The molecule has 0 spiro atoms. The number of hydrogen-bond acceptors (Lipinski definition) is 7. The summed E-state index contributed by atoms with van der Waals surface area (Å²) in [5.41, 5.74) is 3.75. The van der Waals surface area contributed by atoms with Crippen LogP contribution in [-0.2, 0) is 23.9 Å². The number of alkyl carbamates (subject to hydrolysis) is 2. The van der Waals surface area contributed by atoms with E-state index < -0.39 is 35.5 Å². The zero-order valence-corrected chi connectivity index (χ0v) is 22.8. The summed E-state index contributed by atoms with van der Waals surface area (Å²) in [6.45, 7) is 4.56. The van der Waals surface area contributed by atoms with Crippen molar-refractivity contribution in [3.05, 3.63) is 59.7 Å². The molecule has 0 unspecified atom stereocenters. The van der Waals surface area contributed by atoms with E-state index in [2.05, 4.69) is 26.6 Å². The molecule has 0 bridgehead atoms. The summed E-state index contributed by atoms with van der Waals surface area (Å²) in [6.07, 6.45) is -1.35. The largest absolute Gasteiger partial charge is 0.449 e. The van der Waals surface area contributed by atoms with Gasteiger partial charge in [0.15, 0.2) is 0 Å². The van der Waals surface area contributed by atoms with E-state index in [9.17, 15) is 24.0 Å². The summed E-state index contributed by atoms with van der Waals surface area (Å²) >= 11 is 0. The minimum atomic E-state index is -0.751. The lowest BCUT2D eigenvalue weighted by molar-refractivity contribution is -0.127. The third-order valence-electron chi connectivity index (χ3n) is 5.74. The van der Waals surface area contributed by atoms with Gasteiger partial charge < -0.3 is 36.1 Å². The number of carbonyl (C=O) groups is 5. The normalized spacial score (nSPS) is 11.9. The van der Waals surface area contributed by atoms with Crippen molar-refractivity contribution in [2.75, 3.05) is 39.3 Å². The molecule has 12 heteroatoms. The smallest absolute Gasteiger partial charge is 0.407 e. The minimum Gasteiger partial charge on any atom is -0.449 e. The van der Waals surface area contributed by atoms with Crippen LogP contribution in [0.5, 0.6) is 0 Å². The third-order valence-corrected chi connectivity index (χ3v) is 5.74. The maximum Gasteiger partial charge on any atom is 0.407 e. The number of hydrogen-bond donors (Lipinski definition) is 5. The van der Waals surface area contributed by atoms with Crippen LogP contribution in [0.2, 0.25) is 0 Å². The van der Waals surface area contributed by atoms with Gasteiger partial charge in [0.2, 0.25) is 17.7 Å². The average Bonchev–Trinajstić information content (AvgIpc) is 3.23. The number of ether oxygens (including phenoxy) is 2. The number of carbonyl (C=O) groups excluding carboxylic acids is 5. The summed E-state index contributed by atoms with van der Waals surface area (Å²) in [4.78, 5) is 59.4. The highest BCUT2D eigenvalue weighted by molar-refractivity contribution is 5.89. The van der Waals surface area contributed by atoms with Crippen molar-refractivity contribution in [1.29, 1.82) is 0 Å². The van der Waals surface area contributed by atoms with E-state index in [-0.39, 0.29) is 45.2 Å². The highest BCUT2D eigenvalue weighted by atomic mass is 16.6. The van der Waals surface area contributed by atoms with Crippen molar-refractivity contribution < 1.29 is 33.4 Å². The number of fused-ring (bicyclic) bond motifs is 3. The molecule has 5 N–H and O–H groups in total. The standard InChI is InChI=1S/C28H35N5O7/c1-28(2,3)40-27(38)30-13-12-29-23(34)14-31-24(35)15-32-25(36)16-33-26(37)39-17-22-20-10-6-4-8-18(20)19-9-5-7-11-21(19)22/h4-11,22H,12-17H2,1-3H3,(H,29,34)(H,30,38)(H,31,35)(H,32,36)(H,33,37). The summed E-state index contributed by atoms with van der Waals surface area (Å²) in [6, 6.07) is 15.9. The molecule has 0 fully saturated rings. The number of nitrogens with one attached hydrogen (secondary N) is 5. The Bertz CT molecular complexity index is 1200. The van der Waals surface area contributed by atoms with Gasteiger partial charge in [0.1, 0.15) is 18.8 Å². The molecule has 0 aromatic heterocycles. The van der Waals surface area contributed by atoms with Crippen LogP contribution in [0, 0.1) is 0 Å². The number of benzene rings is 2. The van der Waals surface area contributed by atoms with Gasteiger partial charge in [0.05, 0.1) is 13.1 Å². The Balaban J connectivity index is 1.27. The molecule has 0 atom stereocenters. The second-order valence-electron chi connectivity index (χ2n) is 10.0. The first-order valence-corrected chi connectivity index (χ1v) is 12.9. The molecule has 12 nitrogen and oxygen atoms in total. The first-order valence-electron chi connectivity index (χ1n) is 12.9. The molecule has 2 aromatic carbocycles. The fraction of sp³-hybridized carbons (Fsp3) is 0.393. The lowest BCUT2D eigenvalue weighted by Gasteiger charge is -2.19. The predicted molar refractivity (Wildman–Crippen MR) is 146 cm³/mol. The van der Waals surface area contributed by atoms with Crippen molar-refractivity contribution in [3.8, 4) is 11.1 Å². The zero-order chi connectivity index (χ0) is 29.1. The summed E-state index contributed by atoms with van der Waals surface area (Å²) in [5.74, 6) is -1.76. The predicted octanol–water partition coefficient (Wildman–Crippen LogP) is 1.40. The van der Waals surface area contributed by atoms with Crippen LogP contribution in [0.3, 0.4) is 0 Å². The summed E-state index contributed by atoms with van der Waals surface area (Å²) < 4.78 is 10.4. The summed E-state index contributed by atoms with van der Waals surface area (Å²) in [7, 11) is 0. The SMILES string of the molecule is CC(C)(C)OC(=O)NCCNC(=O)CNC(=O)CNC(=O)CNC(=O)OCC1c2ccccc2-c2ccccc21. The molecule has 0 saturated carbocycles. The molecule has 1 aliphatic carbocycles. The van der Waals surface area contributed by atoms with Crippen LogP contribution in [0.15, 0.2) is 48.5 Å². The van der Waals surface area contributed by atoms with E-state index in [1.807, 2.05) is 48.5 Å². The van der Waals surface area contributed by atoms with Crippen LogP contribution in [0.25, 0.3) is 11.1 Å². The van der Waals surface area contributed by atoms with Crippen LogP contribution in [0.1, 0.15) is 37.8 Å². The van der Waals surface area contributed by atoms with Gasteiger partial charge in [-0.25, -0.2) is 9.59 Å². The fourth-order valence-corrected chi connectivity index (χ4v) is 4.03. The van der Waals surface area contributed by atoms with Gasteiger partial charge >= 0.3 is 12.2 Å². The Labute approximate surface area is 232 Å². The van der Waals surface area contributed by atoms with Crippen LogP contribution in [0.4, 0.5) is 9.59 Å². The molecule has 1 aliphatic rings. The Morgan fingerprint density at radius 1 is 0.650 bits per heavy atom. The van der Waals surface area contributed by atoms with Crippen molar-refractivity contribution in [2.24, 2.45) is 0 Å². The van der Waals surface area contributed by atoms with E-state index in [0.717, 1.165) is 22.3 Å². The molecule has 0 saturated heterocycles. The van der Waals surface area contributed by atoms with E-state index in [4.69, 9.17) is 9.47 Å². The molecule has 40 heavy (non-hydrogen) atoms. The monoisotopic (exact) mass is 553 g/mol. The van der Waals surface area contributed by atoms with E-state index >= 15 is 0 Å². The highest BCUT2D eigenvalue weighted by Crippen LogP contribution is 2.44. The molecule has 0 radical (unpaired) electrons. The molecular formula is C28H35N5O7. The highest BCUT2D eigenvalue weighted by Gasteiger charge is 2.29. The first kappa shape index (κ1) is 29.9. The Morgan fingerprint density at radius 2 is 1.12 bits per heavy atom. The molecule has 3 rings (SSSR count). The topological polar surface area (TPSA) is 164 Å². The van der Waals surface area contributed by atoms with Crippen LogP contribution in [-0.4, -0.2) is 74.8 Å². The van der Waals surface area contributed by atoms with Gasteiger partial charge in [-0.2, -0.15) is 0 Å². The molecular weight excluding hydrogens is 518 g/mol. The third kappa shape index (κ3) is 9.29. The van der Waals surface area contributed by atoms with Gasteiger partial charge in [0, 0.05) is 19.0 Å². The van der Waals surface area contributed by atoms with Crippen molar-refractivity contribution >= 4 is 29.9 Å². The first-order chi connectivity index (χ1) is 19.0. The lowest BCUT2D eigenvalue weighted by atomic mass is 9.98. The average molecular weight is 554 g/mol. The molecule has 5 amide bonds. The Morgan fingerprint density at radius 3 is 1.68 bits per heavy atom. The van der Waals surface area contributed by atoms with E-state index in [1.54, 1.807) is 20.8 Å². The van der Waals surface area contributed by atoms with Crippen LogP contribution < -0.4 is 26.6 Å². The maximum absolute atomic E-state index is 12.2. The van der Waals surface area contributed by atoms with Crippen LogP contribution >= 0.6 is 0 Å². The summed E-state index contributed by atoms with van der Waals surface area (Å²) in [5, 5.41) is 12.1. The second kappa shape index (κ2) is 14.0. The van der Waals surface area contributed by atoms with Crippen molar-refractivity contribution in [3.63, 3.8) is 0 Å². The van der Waals surface area contributed by atoms with Crippen molar-refractivity contribution in [1.82, 2.24) is 26.6 Å². The van der Waals surface area contributed by atoms with Gasteiger partial charge in [-0.3, -0.25) is 14.4 Å². The van der Waals surface area contributed by atoms with E-state index in [1.165, 1.54) is 0 Å². The number of amides is 5. The zero-order valence-electron chi connectivity index (χ0n) is 22.8. The van der Waals surface area contributed by atoms with Crippen molar-refractivity contribution in [2.45, 2.75) is 32.3 Å². The van der Waals surface area contributed by atoms with Gasteiger partial charge in [-0.1, -0.05) is 48.5 Å². The van der Waals surface area contributed by atoms with Gasteiger partial charge in [0.25, 0.3) is 0 Å². The lowest BCUT2D eigenvalue weighted by Crippen LogP contribution is -2.45. The Hall–Kier alpha value is -4.61.